The van der Waals surface area contributed by atoms with Crippen LogP contribution in [-0.4, -0.2) is 11.2 Å². The van der Waals surface area contributed by atoms with Crippen molar-refractivity contribution in [1.29, 1.82) is 0 Å². The van der Waals surface area contributed by atoms with Crippen LogP contribution in [0.2, 0.25) is 0 Å². The fourth-order valence-electron chi connectivity index (χ4n) is 3.03. The highest BCUT2D eigenvalue weighted by Gasteiger charge is 2.18. The van der Waals surface area contributed by atoms with Gasteiger partial charge in [-0.1, -0.05) is 49.2 Å². The third kappa shape index (κ3) is 4.38. The molecule has 3 heteroatoms. The Kier molecular flexibility index (Phi) is 5.39. The standard InChI is InChI=1S/C20H23NOS/c1-15-8-2-3-9-16(15)14-20(22)21-18-12-6-7-13-19(18)23-17-10-4-5-11-17/h2-3,6-9,12-13,17H,4-5,10-11,14H2,1H3,(H,21,22). The first-order valence-electron chi connectivity index (χ1n) is 8.32. The van der Waals surface area contributed by atoms with Gasteiger partial charge in [-0.05, 0) is 43.0 Å². The van der Waals surface area contributed by atoms with E-state index in [2.05, 4.69) is 11.4 Å². The smallest absolute Gasteiger partial charge is 0.228 e. The summed E-state index contributed by atoms with van der Waals surface area (Å²) in [5.41, 5.74) is 3.20. The number of anilines is 1. The molecule has 0 aliphatic heterocycles. The first-order chi connectivity index (χ1) is 11.2. The summed E-state index contributed by atoms with van der Waals surface area (Å²) < 4.78 is 0. The normalized spacial score (nSPS) is 14.8. The zero-order valence-electron chi connectivity index (χ0n) is 13.5. The molecule has 0 bridgehead atoms. The Morgan fingerprint density at radius 1 is 1.09 bits per heavy atom. The third-order valence-corrected chi connectivity index (χ3v) is 5.78. The Hall–Kier alpha value is -1.74. The number of carbonyl (C=O) groups is 1. The number of hydrogen-bond donors (Lipinski definition) is 1. The summed E-state index contributed by atoms with van der Waals surface area (Å²) in [7, 11) is 0. The van der Waals surface area contributed by atoms with E-state index in [-0.39, 0.29) is 5.91 Å². The molecule has 0 saturated heterocycles. The lowest BCUT2D eigenvalue weighted by molar-refractivity contribution is -0.115. The van der Waals surface area contributed by atoms with E-state index in [4.69, 9.17) is 0 Å². The molecule has 1 N–H and O–H groups in total. The highest BCUT2D eigenvalue weighted by atomic mass is 32.2. The summed E-state index contributed by atoms with van der Waals surface area (Å²) in [5.74, 6) is 0.0544. The maximum atomic E-state index is 12.4. The molecule has 120 valence electrons. The molecular weight excluding hydrogens is 302 g/mol. The van der Waals surface area contributed by atoms with Crippen molar-refractivity contribution < 1.29 is 4.79 Å². The van der Waals surface area contributed by atoms with E-state index < -0.39 is 0 Å². The van der Waals surface area contributed by atoms with Crippen LogP contribution in [0.3, 0.4) is 0 Å². The first-order valence-corrected chi connectivity index (χ1v) is 9.20. The molecular formula is C20H23NOS. The highest BCUT2D eigenvalue weighted by molar-refractivity contribution is 8.00. The molecule has 3 rings (SSSR count). The van der Waals surface area contributed by atoms with Crippen molar-refractivity contribution in [3.8, 4) is 0 Å². The average Bonchev–Trinajstić information content (AvgIpc) is 3.05. The summed E-state index contributed by atoms with van der Waals surface area (Å²) in [6, 6.07) is 16.2. The monoisotopic (exact) mass is 325 g/mol. The second kappa shape index (κ2) is 7.69. The van der Waals surface area contributed by atoms with Gasteiger partial charge in [0.05, 0.1) is 12.1 Å². The van der Waals surface area contributed by atoms with E-state index >= 15 is 0 Å². The first kappa shape index (κ1) is 16.1. The summed E-state index contributed by atoms with van der Waals surface area (Å²) in [5, 5.41) is 3.80. The van der Waals surface area contributed by atoms with E-state index in [0.29, 0.717) is 11.7 Å². The Balaban J connectivity index is 1.67. The predicted molar refractivity (Wildman–Crippen MR) is 98.1 cm³/mol. The zero-order chi connectivity index (χ0) is 16.1. The van der Waals surface area contributed by atoms with Crippen LogP contribution in [0.5, 0.6) is 0 Å². The zero-order valence-corrected chi connectivity index (χ0v) is 14.4. The van der Waals surface area contributed by atoms with Crippen molar-refractivity contribution in [3.63, 3.8) is 0 Å². The molecule has 0 atom stereocenters. The molecule has 2 aromatic rings. The van der Waals surface area contributed by atoms with Gasteiger partial charge in [0.25, 0.3) is 0 Å². The molecule has 1 saturated carbocycles. The Morgan fingerprint density at radius 3 is 2.57 bits per heavy atom. The maximum Gasteiger partial charge on any atom is 0.228 e. The van der Waals surface area contributed by atoms with Gasteiger partial charge in [-0.2, -0.15) is 0 Å². The third-order valence-electron chi connectivity index (χ3n) is 4.37. The Morgan fingerprint density at radius 2 is 1.78 bits per heavy atom. The van der Waals surface area contributed by atoms with E-state index in [9.17, 15) is 4.79 Å². The van der Waals surface area contributed by atoms with Crippen molar-refractivity contribution in [1.82, 2.24) is 0 Å². The number of hydrogen-bond acceptors (Lipinski definition) is 2. The van der Waals surface area contributed by atoms with Crippen molar-refractivity contribution in [2.45, 2.75) is 49.2 Å². The van der Waals surface area contributed by atoms with Gasteiger partial charge in [0.15, 0.2) is 0 Å². The van der Waals surface area contributed by atoms with Crippen molar-refractivity contribution in [3.05, 3.63) is 59.7 Å². The predicted octanol–water partition coefficient (Wildman–Crippen LogP) is 5.21. The lowest BCUT2D eigenvalue weighted by Crippen LogP contribution is -2.15. The molecule has 1 amide bonds. The number of para-hydroxylation sites is 1. The number of nitrogens with one attached hydrogen (secondary N) is 1. The minimum atomic E-state index is 0.0544. The molecule has 1 aliphatic rings. The SMILES string of the molecule is Cc1ccccc1CC(=O)Nc1ccccc1SC1CCCC1. The lowest BCUT2D eigenvalue weighted by Gasteiger charge is -2.14. The molecule has 0 radical (unpaired) electrons. The summed E-state index contributed by atoms with van der Waals surface area (Å²) in [6.45, 7) is 2.05. The van der Waals surface area contributed by atoms with Gasteiger partial charge in [0.1, 0.15) is 0 Å². The number of rotatable bonds is 5. The van der Waals surface area contributed by atoms with Crippen LogP contribution in [0.4, 0.5) is 5.69 Å². The summed E-state index contributed by atoms with van der Waals surface area (Å²) in [4.78, 5) is 13.6. The van der Waals surface area contributed by atoms with Gasteiger partial charge in [0.2, 0.25) is 5.91 Å². The number of aryl methyl sites for hydroxylation is 1. The molecule has 2 nitrogen and oxygen atoms in total. The van der Waals surface area contributed by atoms with Gasteiger partial charge in [-0.15, -0.1) is 11.8 Å². The average molecular weight is 325 g/mol. The fraction of sp³-hybridized carbons (Fsp3) is 0.350. The molecule has 0 unspecified atom stereocenters. The number of amides is 1. The Bertz CT molecular complexity index is 677. The van der Waals surface area contributed by atoms with Gasteiger partial charge >= 0.3 is 0 Å². The molecule has 1 aliphatic carbocycles. The van der Waals surface area contributed by atoms with Crippen LogP contribution in [0, 0.1) is 6.92 Å². The molecule has 1 fully saturated rings. The van der Waals surface area contributed by atoms with Crippen molar-refractivity contribution >= 4 is 23.4 Å². The van der Waals surface area contributed by atoms with Gasteiger partial charge in [-0.25, -0.2) is 0 Å². The number of thioether (sulfide) groups is 1. The van der Waals surface area contributed by atoms with E-state index in [1.165, 1.54) is 30.6 Å². The van der Waals surface area contributed by atoms with Gasteiger partial charge in [-0.3, -0.25) is 4.79 Å². The molecule has 2 aromatic carbocycles. The highest BCUT2D eigenvalue weighted by Crippen LogP contribution is 2.38. The fourth-order valence-corrected chi connectivity index (χ4v) is 4.37. The molecule has 0 spiro atoms. The number of carbonyl (C=O) groups excluding carboxylic acids is 1. The van der Waals surface area contributed by atoms with Crippen LogP contribution in [-0.2, 0) is 11.2 Å². The lowest BCUT2D eigenvalue weighted by atomic mass is 10.1. The van der Waals surface area contributed by atoms with Gasteiger partial charge in [0, 0.05) is 10.1 Å². The summed E-state index contributed by atoms with van der Waals surface area (Å²) >= 11 is 1.91. The molecule has 0 aromatic heterocycles. The molecule has 23 heavy (non-hydrogen) atoms. The second-order valence-corrected chi connectivity index (χ2v) is 7.51. The molecule has 0 heterocycles. The minimum Gasteiger partial charge on any atom is -0.325 e. The van der Waals surface area contributed by atoms with Crippen molar-refractivity contribution in [2.75, 3.05) is 5.32 Å². The largest absolute Gasteiger partial charge is 0.325 e. The van der Waals surface area contributed by atoms with Crippen LogP contribution >= 0.6 is 11.8 Å². The van der Waals surface area contributed by atoms with Crippen LogP contribution in [0.15, 0.2) is 53.4 Å². The maximum absolute atomic E-state index is 12.4. The second-order valence-electron chi connectivity index (χ2n) is 6.17. The van der Waals surface area contributed by atoms with Crippen molar-refractivity contribution in [2.24, 2.45) is 0 Å². The van der Waals surface area contributed by atoms with E-state index in [1.54, 1.807) is 0 Å². The van der Waals surface area contributed by atoms with E-state index in [0.717, 1.165) is 16.8 Å². The summed E-state index contributed by atoms with van der Waals surface area (Å²) in [6.07, 6.45) is 5.67. The topological polar surface area (TPSA) is 29.1 Å². The van der Waals surface area contributed by atoms with Gasteiger partial charge < -0.3 is 5.32 Å². The minimum absolute atomic E-state index is 0.0544. The number of benzene rings is 2. The quantitative estimate of drug-likeness (QED) is 0.817. The van der Waals surface area contributed by atoms with Crippen LogP contribution in [0.25, 0.3) is 0 Å². The Labute approximate surface area is 142 Å². The van der Waals surface area contributed by atoms with Crippen LogP contribution < -0.4 is 5.32 Å². The van der Waals surface area contributed by atoms with Crippen LogP contribution in [0.1, 0.15) is 36.8 Å². The van der Waals surface area contributed by atoms with E-state index in [1.807, 2.05) is 61.2 Å².